The molecule has 1 aromatic heterocycles. The molecule has 2 aromatic rings. The Morgan fingerprint density at radius 3 is 2.71 bits per heavy atom. The average molecular weight is 354 g/mol. The van der Waals surface area contributed by atoms with E-state index in [2.05, 4.69) is 43.5 Å². The van der Waals surface area contributed by atoms with Gasteiger partial charge in [-0.05, 0) is 30.5 Å². The van der Waals surface area contributed by atoms with Gasteiger partial charge in [-0.3, -0.25) is 0 Å². The maximum atomic E-state index is 10.3. The monoisotopic (exact) mass is 353 g/mol. The summed E-state index contributed by atoms with van der Waals surface area (Å²) < 4.78 is 6.19. The molecule has 0 aliphatic heterocycles. The molecule has 0 unspecified atom stereocenters. The molecule has 0 spiro atoms. The minimum absolute atomic E-state index is 0.381. The summed E-state index contributed by atoms with van der Waals surface area (Å²) in [6.07, 6.45) is 1.77. The van der Waals surface area contributed by atoms with Gasteiger partial charge < -0.3 is 14.9 Å². The normalized spacial score (nSPS) is 10.5. The first kappa shape index (κ1) is 15.5. The molecule has 6 nitrogen and oxygen atoms in total. The van der Waals surface area contributed by atoms with Crippen LogP contribution >= 0.6 is 15.9 Å². The Hall–Kier alpha value is -1.89. The van der Waals surface area contributed by atoms with Crippen molar-refractivity contribution < 1.29 is 14.4 Å². The zero-order valence-electron chi connectivity index (χ0n) is 11.4. The first-order valence-electron chi connectivity index (χ1n) is 6.66. The molecule has 0 saturated carbocycles. The smallest absolute Gasteiger partial charge is 0.404 e. The lowest BCUT2D eigenvalue weighted by atomic mass is 10.1. The van der Waals surface area contributed by atoms with Crippen LogP contribution in [0.4, 0.5) is 4.79 Å². The number of nitrogens with one attached hydrogen (secondary N) is 1. The first-order valence-corrected chi connectivity index (χ1v) is 7.45. The van der Waals surface area contributed by atoms with E-state index < -0.39 is 6.09 Å². The quantitative estimate of drug-likeness (QED) is 0.747. The van der Waals surface area contributed by atoms with E-state index in [1.807, 2.05) is 12.1 Å². The third-order valence-corrected chi connectivity index (χ3v) is 3.43. The van der Waals surface area contributed by atoms with Gasteiger partial charge in [-0.15, -0.1) is 0 Å². The molecule has 0 saturated heterocycles. The number of carbonyl (C=O) groups is 1. The second-order valence-electron chi connectivity index (χ2n) is 4.57. The number of halogens is 1. The highest BCUT2D eigenvalue weighted by atomic mass is 79.9. The largest absolute Gasteiger partial charge is 0.465 e. The van der Waals surface area contributed by atoms with Gasteiger partial charge in [0, 0.05) is 23.9 Å². The predicted molar refractivity (Wildman–Crippen MR) is 80.2 cm³/mol. The molecule has 0 radical (unpaired) electrons. The van der Waals surface area contributed by atoms with E-state index in [9.17, 15) is 4.79 Å². The summed E-state index contributed by atoms with van der Waals surface area (Å²) in [5.74, 6) is 1.23. The molecule has 0 bridgehead atoms. The van der Waals surface area contributed by atoms with Crippen LogP contribution in [0.3, 0.4) is 0 Å². The highest BCUT2D eigenvalue weighted by molar-refractivity contribution is 9.10. The lowest BCUT2D eigenvalue weighted by Crippen LogP contribution is -2.22. The van der Waals surface area contributed by atoms with Crippen molar-refractivity contribution >= 4 is 22.0 Å². The van der Waals surface area contributed by atoms with E-state index in [-0.39, 0.29) is 0 Å². The van der Waals surface area contributed by atoms with Gasteiger partial charge in [0.05, 0.1) is 0 Å². The van der Waals surface area contributed by atoms with Gasteiger partial charge in [-0.2, -0.15) is 4.98 Å². The molecule has 7 heteroatoms. The third-order valence-electron chi connectivity index (χ3n) is 2.90. The highest BCUT2D eigenvalue weighted by Gasteiger charge is 2.06. The number of nitrogens with zero attached hydrogens (tertiary/aromatic N) is 2. The Morgan fingerprint density at radius 2 is 2.00 bits per heavy atom. The molecule has 0 aliphatic carbocycles. The summed E-state index contributed by atoms with van der Waals surface area (Å²) in [7, 11) is 0. The van der Waals surface area contributed by atoms with Crippen molar-refractivity contribution in [1.82, 2.24) is 15.5 Å². The molecule has 112 valence electrons. The first-order chi connectivity index (χ1) is 10.1. The molecule has 1 heterocycles. The summed E-state index contributed by atoms with van der Waals surface area (Å²) in [5.41, 5.74) is 1.22. The fraction of sp³-hybridized carbons (Fsp3) is 0.357. The number of benzene rings is 1. The van der Waals surface area contributed by atoms with Crippen LogP contribution in [0.2, 0.25) is 0 Å². The number of aromatic nitrogens is 2. The van der Waals surface area contributed by atoms with Crippen molar-refractivity contribution in [2.75, 3.05) is 6.54 Å². The van der Waals surface area contributed by atoms with Crippen LogP contribution in [0.15, 0.2) is 33.3 Å². The van der Waals surface area contributed by atoms with Gasteiger partial charge in [-0.25, -0.2) is 4.79 Å². The van der Waals surface area contributed by atoms with Gasteiger partial charge in [-0.1, -0.05) is 33.2 Å². The van der Waals surface area contributed by atoms with E-state index in [0.717, 1.165) is 17.3 Å². The Balaban J connectivity index is 1.75. The number of aryl methyl sites for hydroxylation is 3. The number of amides is 1. The third kappa shape index (κ3) is 5.55. The fourth-order valence-electron chi connectivity index (χ4n) is 1.84. The Morgan fingerprint density at radius 1 is 1.24 bits per heavy atom. The highest BCUT2D eigenvalue weighted by Crippen LogP contribution is 2.12. The Kier molecular flexibility index (Phi) is 5.74. The number of rotatable bonds is 7. The topological polar surface area (TPSA) is 88.2 Å². The van der Waals surface area contributed by atoms with E-state index in [4.69, 9.17) is 9.63 Å². The fourth-order valence-corrected chi connectivity index (χ4v) is 2.10. The van der Waals surface area contributed by atoms with Crippen LogP contribution < -0.4 is 5.32 Å². The minimum Gasteiger partial charge on any atom is -0.465 e. The standard InChI is InChI=1S/C14H16BrN3O3/c15-11-6-3-10(4-7-11)5-8-12-17-13(21-18-12)2-1-9-16-14(19)20/h3-4,6-7,16H,1-2,5,8-9H2,(H,19,20). The van der Waals surface area contributed by atoms with Crippen molar-refractivity contribution in [3.05, 3.63) is 46.0 Å². The Bertz CT molecular complexity index is 583. The summed E-state index contributed by atoms with van der Waals surface area (Å²) in [6, 6.07) is 8.13. The molecule has 2 N–H and O–H groups in total. The molecule has 1 amide bonds. The predicted octanol–water partition coefficient (Wildman–Crippen LogP) is 2.82. The Labute approximate surface area is 130 Å². The van der Waals surface area contributed by atoms with Crippen LogP contribution in [0.5, 0.6) is 0 Å². The van der Waals surface area contributed by atoms with Crippen LogP contribution in [0, 0.1) is 0 Å². The van der Waals surface area contributed by atoms with Crippen molar-refractivity contribution in [2.24, 2.45) is 0 Å². The number of hydrogen-bond donors (Lipinski definition) is 2. The zero-order valence-corrected chi connectivity index (χ0v) is 13.0. The van der Waals surface area contributed by atoms with Crippen molar-refractivity contribution in [3.63, 3.8) is 0 Å². The van der Waals surface area contributed by atoms with Gasteiger partial charge in [0.1, 0.15) is 0 Å². The maximum absolute atomic E-state index is 10.3. The molecule has 0 atom stereocenters. The molecule has 2 rings (SSSR count). The number of carboxylic acid groups (broad SMARTS) is 1. The van der Waals surface area contributed by atoms with E-state index in [1.54, 1.807) is 0 Å². The van der Waals surface area contributed by atoms with Crippen molar-refractivity contribution in [3.8, 4) is 0 Å². The van der Waals surface area contributed by atoms with E-state index in [1.165, 1.54) is 5.56 Å². The van der Waals surface area contributed by atoms with Crippen molar-refractivity contribution in [2.45, 2.75) is 25.7 Å². The lowest BCUT2D eigenvalue weighted by molar-refractivity contribution is 0.194. The van der Waals surface area contributed by atoms with E-state index in [0.29, 0.717) is 31.1 Å². The summed E-state index contributed by atoms with van der Waals surface area (Å²) in [4.78, 5) is 14.6. The van der Waals surface area contributed by atoms with Gasteiger partial charge in [0.25, 0.3) is 0 Å². The minimum atomic E-state index is -1.02. The van der Waals surface area contributed by atoms with Crippen LogP contribution in [-0.2, 0) is 19.3 Å². The summed E-state index contributed by atoms with van der Waals surface area (Å²) in [6.45, 7) is 0.381. The SMILES string of the molecule is O=C(O)NCCCc1nc(CCc2ccc(Br)cc2)no1. The van der Waals surface area contributed by atoms with Gasteiger partial charge in [0.15, 0.2) is 5.82 Å². The van der Waals surface area contributed by atoms with E-state index >= 15 is 0 Å². The summed E-state index contributed by atoms with van der Waals surface area (Å²) >= 11 is 3.40. The second-order valence-corrected chi connectivity index (χ2v) is 5.48. The van der Waals surface area contributed by atoms with Gasteiger partial charge in [0.2, 0.25) is 5.89 Å². The second kappa shape index (κ2) is 7.78. The lowest BCUT2D eigenvalue weighted by Gasteiger charge is -1.98. The average Bonchev–Trinajstić information content (AvgIpc) is 2.91. The molecule has 1 aromatic carbocycles. The van der Waals surface area contributed by atoms with Crippen LogP contribution in [-0.4, -0.2) is 27.9 Å². The van der Waals surface area contributed by atoms with Gasteiger partial charge >= 0.3 is 6.09 Å². The molecule has 0 aliphatic rings. The maximum Gasteiger partial charge on any atom is 0.404 e. The molecule has 21 heavy (non-hydrogen) atoms. The zero-order chi connectivity index (χ0) is 15.1. The number of hydrogen-bond acceptors (Lipinski definition) is 4. The molecule has 0 fully saturated rings. The molecular formula is C14H16BrN3O3. The van der Waals surface area contributed by atoms with Crippen LogP contribution in [0.25, 0.3) is 0 Å². The van der Waals surface area contributed by atoms with Crippen LogP contribution in [0.1, 0.15) is 23.7 Å². The summed E-state index contributed by atoms with van der Waals surface area (Å²) in [5, 5.41) is 14.7. The van der Waals surface area contributed by atoms with Crippen molar-refractivity contribution in [1.29, 1.82) is 0 Å². The molecular weight excluding hydrogens is 338 g/mol.